The first-order valence-corrected chi connectivity index (χ1v) is 6.10. The number of rotatable bonds is 5. The summed E-state index contributed by atoms with van der Waals surface area (Å²) in [4.78, 5) is 3.98. The molecular formula is C11H14BrFN2. The zero-order chi connectivity index (χ0) is 10.7. The van der Waals surface area contributed by atoms with E-state index in [4.69, 9.17) is 0 Å². The van der Waals surface area contributed by atoms with Crippen molar-refractivity contribution in [1.29, 1.82) is 0 Å². The van der Waals surface area contributed by atoms with Crippen LogP contribution in [0.1, 0.15) is 25.7 Å². The third kappa shape index (κ3) is 3.45. The van der Waals surface area contributed by atoms with Crippen LogP contribution < -0.4 is 5.32 Å². The third-order valence-electron chi connectivity index (χ3n) is 2.59. The highest BCUT2D eigenvalue weighted by molar-refractivity contribution is 9.10. The molecule has 1 aliphatic rings. The van der Waals surface area contributed by atoms with Crippen molar-refractivity contribution in [3.05, 3.63) is 22.6 Å². The maximum Gasteiger partial charge on any atom is 0.166 e. The molecule has 1 aromatic heterocycles. The molecule has 0 amide bonds. The Hall–Kier alpha value is -0.640. The first kappa shape index (κ1) is 10.9. The molecule has 0 unspecified atom stereocenters. The minimum absolute atomic E-state index is 0.296. The zero-order valence-corrected chi connectivity index (χ0v) is 10.1. The quantitative estimate of drug-likeness (QED) is 0.829. The summed E-state index contributed by atoms with van der Waals surface area (Å²) in [6.07, 6.45) is 6.72. The lowest BCUT2D eigenvalue weighted by atomic mass is 10.2. The number of aromatic nitrogens is 1. The van der Waals surface area contributed by atoms with Crippen molar-refractivity contribution in [3.63, 3.8) is 0 Å². The van der Waals surface area contributed by atoms with E-state index in [1.165, 1.54) is 25.3 Å². The van der Waals surface area contributed by atoms with Gasteiger partial charge in [-0.15, -0.1) is 0 Å². The molecule has 4 heteroatoms. The number of halogens is 2. The molecule has 1 aliphatic carbocycles. The van der Waals surface area contributed by atoms with Crippen LogP contribution in [0.2, 0.25) is 0 Å². The van der Waals surface area contributed by atoms with Crippen LogP contribution in [0.15, 0.2) is 16.7 Å². The Morgan fingerprint density at radius 1 is 1.53 bits per heavy atom. The zero-order valence-electron chi connectivity index (χ0n) is 8.47. The van der Waals surface area contributed by atoms with E-state index < -0.39 is 0 Å². The highest BCUT2D eigenvalue weighted by Gasteiger charge is 2.19. The Kier molecular flexibility index (Phi) is 3.57. The molecule has 15 heavy (non-hydrogen) atoms. The molecule has 1 fully saturated rings. The first-order valence-electron chi connectivity index (χ1n) is 5.30. The van der Waals surface area contributed by atoms with E-state index >= 15 is 0 Å². The lowest BCUT2D eigenvalue weighted by Crippen LogP contribution is -2.05. The second kappa shape index (κ2) is 4.92. The Morgan fingerprint density at radius 3 is 3.00 bits per heavy atom. The Balaban J connectivity index is 1.76. The summed E-state index contributed by atoms with van der Waals surface area (Å²) in [5.41, 5.74) is 0. The highest BCUT2D eigenvalue weighted by Crippen LogP contribution is 2.33. The van der Waals surface area contributed by atoms with Gasteiger partial charge in [0.1, 0.15) is 0 Å². The van der Waals surface area contributed by atoms with Gasteiger partial charge in [0.15, 0.2) is 11.6 Å². The van der Waals surface area contributed by atoms with Gasteiger partial charge in [0.2, 0.25) is 0 Å². The van der Waals surface area contributed by atoms with Gasteiger partial charge in [-0.3, -0.25) is 0 Å². The van der Waals surface area contributed by atoms with E-state index in [0.717, 1.165) is 18.9 Å². The molecule has 1 heterocycles. The fourth-order valence-corrected chi connectivity index (χ4v) is 1.85. The molecule has 2 rings (SSSR count). The summed E-state index contributed by atoms with van der Waals surface area (Å²) in [7, 11) is 0. The summed E-state index contributed by atoms with van der Waals surface area (Å²) in [5.74, 6) is 0.999. The molecule has 0 aliphatic heterocycles. The topological polar surface area (TPSA) is 24.9 Å². The Bertz CT molecular complexity index is 339. The second-order valence-electron chi connectivity index (χ2n) is 4.00. The van der Waals surface area contributed by atoms with E-state index in [2.05, 4.69) is 26.2 Å². The van der Waals surface area contributed by atoms with Gasteiger partial charge < -0.3 is 5.32 Å². The predicted molar refractivity (Wildman–Crippen MR) is 62.3 cm³/mol. The number of nitrogens with one attached hydrogen (secondary N) is 1. The average Bonchev–Trinajstić information content (AvgIpc) is 2.99. The minimum atomic E-state index is -0.296. The van der Waals surface area contributed by atoms with Crippen molar-refractivity contribution in [1.82, 2.24) is 4.98 Å². The molecule has 0 atom stereocenters. The van der Waals surface area contributed by atoms with Crippen LogP contribution in [0.4, 0.5) is 10.2 Å². The van der Waals surface area contributed by atoms with E-state index in [0.29, 0.717) is 10.3 Å². The Morgan fingerprint density at radius 2 is 2.33 bits per heavy atom. The van der Waals surface area contributed by atoms with Gasteiger partial charge >= 0.3 is 0 Å². The minimum Gasteiger partial charge on any atom is -0.368 e. The van der Waals surface area contributed by atoms with Crippen molar-refractivity contribution < 1.29 is 4.39 Å². The SMILES string of the molecule is Fc1cc(Br)cnc1NCCCC1CC1. The van der Waals surface area contributed by atoms with Crippen LogP contribution in [-0.2, 0) is 0 Å². The summed E-state index contributed by atoms with van der Waals surface area (Å²) >= 11 is 3.18. The van der Waals surface area contributed by atoms with Gasteiger partial charge in [0, 0.05) is 17.2 Å². The molecule has 0 spiro atoms. The van der Waals surface area contributed by atoms with Gasteiger partial charge in [-0.25, -0.2) is 9.37 Å². The van der Waals surface area contributed by atoms with Crippen molar-refractivity contribution in [3.8, 4) is 0 Å². The van der Waals surface area contributed by atoms with Crippen LogP contribution in [-0.4, -0.2) is 11.5 Å². The number of anilines is 1. The van der Waals surface area contributed by atoms with Gasteiger partial charge in [0.25, 0.3) is 0 Å². The van der Waals surface area contributed by atoms with Gasteiger partial charge in [-0.05, 0) is 40.8 Å². The molecule has 1 aromatic rings. The predicted octanol–water partition coefficient (Wildman–Crippen LogP) is 3.59. The van der Waals surface area contributed by atoms with Gasteiger partial charge in [-0.1, -0.05) is 12.8 Å². The van der Waals surface area contributed by atoms with Gasteiger partial charge in [0.05, 0.1) is 0 Å². The van der Waals surface area contributed by atoms with Crippen LogP contribution in [0.25, 0.3) is 0 Å². The molecule has 0 saturated heterocycles. The fourth-order valence-electron chi connectivity index (χ4n) is 1.55. The monoisotopic (exact) mass is 272 g/mol. The van der Waals surface area contributed by atoms with Crippen molar-refractivity contribution in [2.24, 2.45) is 5.92 Å². The number of hydrogen-bond acceptors (Lipinski definition) is 2. The fraction of sp³-hybridized carbons (Fsp3) is 0.545. The summed E-state index contributed by atoms with van der Waals surface area (Å²) in [6, 6.07) is 1.43. The van der Waals surface area contributed by atoms with Crippen LogP contribution in [0.3, 0.4) is 0 Å². The lowest BCUT2D eigenvalue weighted by Gasteiger charge is -2.06. The maximum absolute atomic E-state index is 13.3. The van der Waals surface area contributed by atoms with Crippen LogP contribution >= 0.6 is 15.9 Å². The standard InChI is InChI=1S/C11H14BrFN2/c12-9-6-10(13)11(15-7-9)14-5-1-2-8-3-4-8/h6-8H,1-5H2,(H,14,15). The summed E-state index contributed by atoms with van der Waals surface area (Å²) < 4.78 is 14.0. The molecular weight excluding hydrogens is 259 g/mol. The molecule has 1 N–H and O–H groups in total. The average molecular weight is 273 g/mol. The number of pyridine rings is 1. The van der Waals surface area contributed by atoms with Crippen molar-refractivity contribution >= 4 is 21.7 Å². The highest BCUT2D eigenvalue weighted by atomic mass is 79.9. The Labute approximate surface area is 97.4 Å². The third-order valence-corrected chi connectivity index (χ3v) is 3.02. The lowest BCUT2D eigenvalue weighted by molar-refractivity contribution is 0.620. The normalized spacial score (nSPS) is 15.3. The number of hydrogen-bond donors (Lipinski definition) is 1. The van der Waals surface area contributed by atoms with E-state index in [-0.39, 0.29) is 5.82 Å². The van der Waals surface area contributed by atoms with E-state index in [1.54, 1.807) is 6.20 Å². The van der Waals surface area contributed by atoms with Crippen molar-refractivity contribution in [2.75, 3.05) is 11.9 Å². The molecule has 0 bridgehead atoms. The largest absolute Gasteiger partial charge is 0.368 e. The smallest absolute Gasteiger partial charge is 0.166 e. The van der Waals surface area contributed by atoms with Crippen molar-refractivity contribution in [2.45, 2.75) is 25.7 Å². The number of nitrogens with zero attached hydrogens (tertiary/aromatic N) is 1. The first-order chi connectivity index (χ1) is 7.25. The van der Waals surface area contributed by atoms with E-state index in [9.17, 15) is 4.39 Å². The summed E-state index contributed by atoms with van der Waals surface area (Å²) in [6.45, 7) is 0.808. The van der Waals surface area contributed by atoms with Gasteiger partial charge in [-0.2, -0.15) is 0 Å². The van der Waals surface area contributed by atoms with Crippen LogP contribution in [0.5, 0.6) is 0 Å². The molecule has 2 nitrogen and oxygen atoms in total. The molecule has 0 aromatic carbocycles. The van der Waals surface area contributed by atoms with E-state index in [1.807, 2.05) is 0 Å². The van der Waals surface area contributed by atoms with Crippen LogP contribution in [0, 0.1) is 11.7 Å². The molecule has 0 radical (unpaired) electrons. The maximum atomic E-state index is 13.3. The summed E-state index contributed by atoms with van der Waals surface area (Å²) in [5, 5.41) is 3.02. The second-order valence-corrected chi connectivity index (χ2v) is 4.91. The molecule has 1 saturated carbocycles. The molecule has 82 valence electrons.